The molecule has 0 fully saturated rings. The zero-order chi connectivity index (χ0) is 19.9. The molecule has 0 aliphatic heterocycles. The number of nitrogens with one attached hydrogen (secondary N) is 2. The summed E-state index contributed by atoms with van der Waals surface area (Å²) in [6, 6.07) is 15.9. The van der Waals surface area contributed by atoms with E-state index in [-0.39, 0.29) is 11.6 Å². The summed E-state index contributed by atoms with van der Waals surface area (Å²) < 4.78 is 10.5. The van der Waals surface area contributed by atoms with Gasteiger partial charge in [-0.15, -0.1) is 10.2 Å². The molecular formula is C20H19ClN4O3. The predicted molar refractivity (Wildman–Crippen MR) is 107 cm³/mol. The van der Waals surface area contributed by atoms with Crippen LogP contribution in [0.2, 0.25) is 5.02 Å². The Bertz CT molecular complexity index is 947. The summed E-state index contributed by atoms with van der Waals surface area (Å²) in [6.45, 7) is 0.325. The summed E-state index contributed by atoms with van der Waals surface area (Å²) in [5.74, 6) is 1.44. The van der Waals surface area contributed by atoms with E-state index in [1.807, 2.05) is 24.3 Å². The lowest BCUT2D eigenvalue weighted by atomic mass is 10.2. The highest BCUT2D eigenvalue weighted by Crippen LogP contribution is 2.27. The van der Waals surface area contributed by atoms with E-state index < -0.39 is 0 Å². The van der Waals surface area contributed by atoms with Gasteiger partial charge in [-0.2, -0.15) is 0 Å². The molecule has 3 aromatic rings. The van der Waals surface area contributed by atoms with E-state index in [4.69, 9.17) is 21.1 Å². The SMILES string of the molecule is COc1ccc(CNC(=O)c2ccc(Nc3ccc(Cl)cc3)nn2)cc1OC. The Kier molecular flexibility index (Phi) is 6.29. The molecule has 0 bridgehead atoms. The van der Waals surface area contributed by atoms with E-state index in [1.54, 1.807) is 44.6 Å². The fourth-order valence-corrected chi connectivity index (χ4v) is 2.59. The molecule has 0 saturated carbocycles. The van der Waals surface area contributed by atoms with Gasteiger partial charge in [0.25, 0.3) is 5.91 Å². The predicted octanol–water partition coefficient (Wildman–Crippen LogP) is 3.82. The lowest BCUT2D eigenvalue weighted by molar-refractivity contribution is 0.0945. The number of methoxy groups -OCH3 is 2. The number of anilines is 2. The second-order valence-electron chi connectivity index (χ2n) is 5.81. The van der Waals surface area contributed by atoms with Gasteiger partial charge in [-0.3, -0.25) is 4.79 Å². The molecular weight excluding hydrogens is 380 g/mol. The normalized spacial score (nSPS) is 10.2. The lowest BCUT2D eigenvalue weighted by Crippen LogP contribution is -2.24. The van der Waals surface area contributed by atoms with Gasteiger partial charge < -0.3 is 20.1 Å². The standard InChI is InChI=1S/C20H19ClN4O3/c1-27-17-9-3-13(11-18(17)28-2)12-22-20(26)16-8-10-19(25-24-16)23-15-6-4-14(21)5-7-15/h3-11H,12H2,1-2H3,(H,22,26)(H,23,25). The van der Waals surface area contributed by atoms with Crippen LogP contribution in [0.5, 0.6) is 11.5 Å². The fraction of sp³-hybridized carbons (Fsp3) is 0.150. The number of hydrogen-bond donors (Lipinski definition) is 2. The Morgan fingerprint density at radius 2 is 1.71 bits per heavy atom. The first-order valence-electron chi connectivity index (χ1n) is 8.44. The van der Waals surface area contributed by atoms with Crippen molar-refractivity contribution >= 4 is 29.0 Å². The van der Waals surface area contributed by atoms with Crippen LogP contribution in [0, 0.1) is 0 Å². The first kappa shape index (κ1) is 19.4. The van der Waals surface area contributed by atoms with Crippen LogP contribution in [0.3, 0.4) is 0 Å². The van der Waals surface area contributed by atoms with Crippen molar-refractivity contribution in [3.63, 3.8) is 0 Å². The minimum absolute atomic E-state index is 0.224. The molecule has 1 aromatic heterocycles. The number of benzene rings is 2. The largest absolute Gasteiger partial charge is 0.493 e. The van der Waals surface area contributed by atoms with Gasteiger partial charge in [-0.1, -0.05) is 17.7 Å². The molecule has 3 rings (SSSR count). The van der Waals surface area contributed by atoms with Gasteiger partial charge >= 0.3 is 0 Å². The molecule has 1 heterocycles. The number of ether oxygens (including phenoxy) is 2. The Morgan fingerprint density at radius 3 is 2.36 bits per heavy atom. The molecule has 0 aliphatic rings. The van der Waals surface area contributed by atoms with Crippen molar-refractivity contribution in [3.05, 3.63) is 70.9 Å². The molecule has 7 nitrogen and oxygen atoms in total. The van der Waals surface area contributed by atoms with Crippen LogP contribution in [-0.2, 0) is 6.54 Å². The molecule has 1 amide bonds. The Balaban J connectivity index is 1.59. The lowest BCUT2D eigenvalue weighted by Gasteiger charge is -2.10. The third-order valence-corrected chi connectivity index (χ3v) is 4.17. The highest BCUT2D eigenvalue weighted by atomic mass is 35.5. The van der Waals surface area contributed by atoms with Gasteiger partial charge in [0.2, 0.25) is 0 Å². The number of nitrogens with zero attached hydrogens (tertiary/aromatic N) is 2. The molecule has 2 aromatic carbocycles. The number of carbonyl (C=O) groups is 1. The topological polar surface area (TPSA) is 85.4 Å². The third kappa shape index (κ3) is 4.89. The summed E-state index contributed by atoms with van der Waals surface area (Å²) >= 11 is 5.86. The van der Waals surface area contributed by atoms with Gasteiger partial charge in [-0.25, -0.2) is 0 Å². The van der Waals surface area contributed by atoms with Crippen LogP contribution in [0.4, 0.5) is 11.5 Å². The molecule has 0 aliphatic carbocycles. The summed E-state index contributed by atoms with van der Waals surface area (Å²) in [6.07, 6.45) is 0. The van der Waals surface area contributed by atoms with Crippen LogP contribution >= 0.6 is 11.6 Å². The van der Waals surface area contributed by atoms with E-state index in [2.05, 4.69) is 20.8 Å². The van der Waals surface area contributed by atoms with Gasteiger partial charge in [0.05, 0.1) is 14.2 Å². The summed E-state index contributed by atoms with van der Waals surface area (Å²) in [4.78, 5) is 12.3. The monoisotopic (exact) mass is 398 g/mol. The van der Waals surface area contributed by atoms with Gasteiger partial charge in [0.15, 0.2) is 23.0 Å². The highest BCUT2D eigenvalue weighted by molar-refractivity contribution is 6.30. The maximum Gasteiger partial charge on any atom is 0.272 e. The first-order chi connectivity index (χ1) is 13.6. The number of hydrogen-bond acceptors (Lipinski definition) is 6. The average Bonchev–Trinajstić information content (AvgIpc) is 2.74. The molecule has 0 radical (unpaired) electrons. The minimum atomic E-state index is -0.319. The Morgan fingerprint density at radius 1 is 0.964 bits per heavy atom. The van der Waals surface area contributed by atoms with Crippen LogP contribution in [0.25, 0.3) is 0 Å². The summed E-state index contributed by atoms with van der Waals surface area (Å²) in [5.41, 5.74) is 1.92. The zero-order valence-electron chi connectivity index (χ0n) is 15.4. The maximum absolute atomic E-state index is 12.3. The molecule has 28 heavy (non-hydrogen) atoms. The van der Waals surface area contributed by atoms with Crippen LogP contribution < -0.4 is 20.1 Å². The molecule has 0 spiro atoms. The molecule has 2 N–H and O–H groups in total. The molecule has 8 heteroatoms. The van der Waals surface area contributed by atoms with Gasteiger partial charge in [-0.05, 0) is 54.1 Å². The van der Waals surface area contributed by atoms with Gasteiger partial charge in [0, 0.05) is 17.3 Å². The second-order valence-corrected chi connectivity index (χ2v) is 6.24. The Labute approximate surface area is 167 Å². The van der Waals surface area contributed by atoms with Crippen LogP contribution in [0.15, 0.2) is 54.6 Å². The number of aromatic nitrogens is 2. The average molecular weight is 399 g/mol. The zero-order valence-corrected chi connectivity index (χ0v) is 16.2. The van der Waals surface area contributed by atoms with Crippen molar-refractivity contribution in [3.8, 4) is 11.5 Å². The van der Waals surface area contributed by atoms with Gasteiger partial charge in [0.1, 0.15) is 0 Å². The molecule has 0 unspecified atom stereocenters. The van der Waals surface area contributed by atoms with Crippen molar-refractivity contribution in [1.29, 1.82) is 0 Å². The quantitative estimate of drug-likeness (QED) is 0.629. The summed E-state index contributed by atoms with van der Waals surface area (Å²) in [5, 5.41) is 14.5. The maximum atomic E-state index is 12.3. The molecule has 0 atom stereocenters. The van der Waals surface area contributed by atoms with Crippen molar-refractivity contribution in [2.24, 2.45) is 0 Å². The first-order valence-corrected chi connectivity index (χ1v) is 8.82. The van der Waals surface area contributed by atoms with Crippen LogP contribution in [-0.4, -0.2) is 30.3 Å². The second kappa shape index (κ2) is 9.05. The minimum Gasteiger partial charge on any atom is -0.493 e. The number of carbonyl (C=O) groups excluding carboxylic acids is 1. The van der Waals surface area contributed by atoms with E-state index in [1.165, 1.54) is 0 Å². The van der Waals surface area contributed by atoms with Crippen molar-refractivity contribution in [1.82, 2.24) is 15.5 Å². The van der Waals surface area contributed by atoms with Crippen molar-refractivity contribution in [2.75, 3.05) is 19.5 Å². The van der Waals surface area contributed by atoms with E-state index >= 15 is 0 Å². The number of halogens is 1. The van der Waals surface area contributed by atoms with Crippen LogP contribution in [0.1, 0.15) is 16.1 Å². The van der Waals surface area contributed by atoms with Crippen molar-refractivity contribution < 1.29 is 14.3 Å². The third-order valence-electron chi connectivity index (χ3n) is 3.91. The molecule has 0 saturated heterocycles. The smallest absolute Gasteiger partial charge is 0.272 e. The fourth-order valence-electron chi connectivity index (χ4n) is 2.46. The highest BCUT2D eigenvalue weighted by Gasteiger charge is 2.10. The molecule has 144 valence electrons. The van der Waals surface area contributed by atoms with E-state index in [0.717, 1.165) is 11.3 Å². The Hall–Kier alpha value is -3.32. The number of rotatable bonds is 7. The van der Waals surface area contributed by atoms with E-state index in [0.29, 0.717) is 28.9 Å². The van der Waals surface area contributed by atoms with E-state index in [9.17, 15) is 4.79 Å². The summed E-state index contributed by atoms with van der Waals surface area (Å²) in [7, 11) is 3.14. The van der Waals surface area contributed by atoms with Crippen molar-refractivity contribution in [2.45, 2.75) is 6.54 Å². The number of amides is 1.